The van der Waals surface area contributed by atoms with Gasteiger partial charge in [0.1, 0.15) is 13.2 Å². The molecule has 0 aliphatic carbocycles. The van der Waals surface area contributed by atoms with E-state index in [-0.39, 0.29) is 19.1 Å². The zero-order valence-corrected chi connectivity index (χ0v) is 42.4. The Bertz CT molecular complexity index is 1250. The SMILES string of the molecule is CC/C=C\C/C=C\C/C=C\C/C=C\C/C=C\CCCCCCCCCCCCCCCC(=O)NC(COP(=O)([O-])OCC[N+](C)(C)C)C(O)/C=C/CCCCCCCCCCCC. The van der Waals surface area contributed by atoms with Crippen molar-refractivity contribution < 1.29 is 32.9 Å². The lowest BCUT2D eigenvalue weighted by molar-refractivity contribution is -0.870. The van der Waals surface area contributed by atoms with Gasteiger partial charge in [0.25, 0.3) is 7.82 Å². The average molecular weight is 903 g/mol. The first-order chi connectivity index (χ1) is 30.5. The van der Waals surface area contributed by atoms with Crippen molar-refractivity contribution in [1.82, 2.24) is 5.32 Å². The molecule has 9 heteroatoms. The first-order valence-electron chi connectivity index (χ1n) is 25.8. The van der Waals surface area contributed by atoms with Crippen LogP contribution in [0.1, 0.15) is 213 Å². The number of likely N-dealkylation sites (N-methyl/N-ethyl adjacent to an activating group) is 1. The van der Waals surface area contributed by atoms with Gasteiger partial charge in [-0.1, -0.05) is 215 Å². The zero-order valence-electron chi connectivity index (χ0n) is 41.5. The second-order valence-electron chi connectivity index (χ2n) is 18.5. The van der Waals surface area contributed by atoms with E-state index >= 15 is 0 Å². The molecule has 0 spiro atoms. The van der Waals surface area contributed by atoms with Crippen molar-refractivity contribution in [3.8, 4) is 0 Å². The number of aliphatic hydroxyl groups excluding tert-OH is 1. The molecule has 366 valence electrons. The van der Waals surface area contributed by atoms with E-state index in [9.17, 15) is 19.4 Å². The summed E-state index contributed by atoms with van der Waals surface area (Å²) >= 11 is 0. The molecule has 0 aromatic rings. The number of carbonyl (C=O) groups is 1. The van der Waals surface area contributed by atoms with Crippen LogP contribution in [0.3, 0.4) is 0 Å². The van der Waals surface area contributed by atoms with E-state index in [1.54, 1.807) is 6.08 Å². The van der Waals surface area contributed by atoms with Crippen LogP contribution in [-0.4, -0.2) is 68.5 Å². The number of quaternary nitrogens is 1. The van der Waals surface area contributed by atoms with Gasteiger partial charge in [-0.3, -0.25) is 9.36 Å². The highest BCUT2D eigenvalue weighted by Crippen LogP contribution is 2.38. The highest BCUT2D eigenvalue weighted by molar-refractivity contribution is 7.45. The third kappa shape index (κ3) is 47.7. The number of hydrogen-bond donors (Lipinski definition) is 2. The van der Waals surface area contributed by atoms with Gasteiger partial charge in [-0.05, 0) is 64.2 Å². The summed E-state index contributed by atoms with van der Waals surface area (Å²) in [6.07, 6.45) is 61.0. The highest BCUT2D eigenvalue weighted by Gasteiger charge is 2.23. The fourth-order valence-electron chi connectivity index (χ4n) is 7.12. The molecule has 0 aromatic carbocycles. The topological polar surface area (TPSA) is 108 Å². The highest BCUT2D eigenvalue weighted by atomic mass is 31.2. The van der Waals surface area contributed by atoms with E-state index in [2.05, 4.69) is 79.9 Å². The Hall–Kier alpha value is -2.06. The number of nitrogens with zero attached hydrogens (tertiary/aromatic N) is 1. The molecule has 0 aromatic heterocycles. The third-order valence-corrected chi connectivity index (χ3v) is 12.1. The Morgan fingerprint density at radius 3 is 1.41 bits per heavy atom. The number of carbonyl (C=O) groups excluding carboxylic acids is 1. The predicted octanol–water partition coefficient (Wildman–Crippen LogP) is 14.5. The fourth-order valence-corrected chi connectivity index (χ4v) is 7.84. The summed E-state index contributed by atoms with van der Waals surface area (Å²) in [6.45, 7) is 4.52. The van der Waals surface area contributed by atoms with Crippen LogP contribution in [-0.2, 0) is 18.4 Å². The maximum absolute atomic E-state index is 12.9. The van der Waals surface area contributed by atoms with E-state index in [4.69, 9.17) is 9.05 Å². The molecular formula is C54H99N2O6P. The van der Waals surface area contributed by atoms with E-state index in [1.807, 2.05) is 27.2 Å². The van der Waals surface area contributed by atoms with Gasteiger partial charge in [0, 0.05) is 6.42 Å². The molecule has 0 fully saturated rings. The number of rotatable bonds is 46. The second kappa shape index (κ2) is 45.1. The van der Waals surface area contributed by atoms with Gasteiger partial charge in [-0.25, -0.2) is 0 Å². The van der Waals surface area contributed by atoms with Crippen molar-refractivity contribution in [2.75, 3.05) is 40.9 Å². The Kier molecular flexibility index (Phi) is 43.6. The first-order valence-corrected chi connectivity index (χ1v) is 27.3. The summed E-state index contributed by atoms with van der Waals surface area (Å²) in [7, 11) is 1.25. The number of phosphoric ester groups is 1. The number of unbranched alkanes of at least 4 members (excludes halogenated alkanes) is 23. The van der Waals surface area contributed by atoms with Crippen LogP contribution in [0.15, 0.2) is 72.9 Å². The van der Waals surface area contributed by atoms with Gasteiger partial charge in [0.05, 0.1) is 39.9 Å². The minimum Gasteiger partial charge on any atom is -0.756 e. The van der Waals surface area contributed by atoms with Gasteiger partial charge in [-0.15, -0.1) is 0 Å². The number of phosphoric acid groups is 1. The van der Waals surface area contributed by atoms with Crippen molar-refractivity contribution in [3.63, 3.8) is 0 Å². The third-order valence-electron chi connectivity index (χ3n) is 11.2. The summed E-state index contributed by atoms with van der Waals surface area (Å²) in [6, 6.07) is -0.889. The monoisotopic (exact) mass is 903 g/mol. The Balaban J connectivity index is 4.15. The van der Waals surface area contributed by atoms with Crippen molar-refractivity contribution >= 4 is 13.7 Å². The number of aliphatic hydroxyl groups is 1. The Morgan fingerprint density at radius 1 is 0.571 bits per heavy atom. The lowest BCUT2D eigenvalue weighted by Gasteiger charge is -2.29. The van der Waals surface area contributed by atoms with Crippen molar-refractivity contribution in [1.29, 1.82) is 0 Å². The lowest BCUT2D eigenvalue weighted by atomic mass is 10.0. The molecule has 8 nitrogen and oxygen atoms in total. The lowest BCUT2D eigenvalue weighted by Crippen LogP contribution is -2.45. The van der Waals surface area contributed by atoms with E-state index in [1.165, 1.54) is 122 Å². The molecular weight excluding hydrogens is 804 g/mol. The molecule has 0 saturated heterocycles. The molecule has 0 heterocycles. The minimum absolute atomic E-state index is 0.00344. The molecule has 3 atom stereocenters. The smallest absolute Gasteiger partial charge is 0.268 e. The number of allylic oxidation sites excluding steroid dienone is 11. The van der Waals surface area contributed by atoms with Gasteiger partial charge in [-0.2, -0.15) is 0 Å². The summed E-state index contributed by atoms with van der Waals surface area (Å²) < 4.78 is 23.2. The van der Waals surface area contributed by atoms with Crippen LogP contribution >= 0.6 is 7.82 Å². The van der Waals surface area contributed by atoms with Crippen LogP contribution in [0.25, 0.3) is 0 Å². The normalized spacial score (nSPS) is 14.7. The molecule has 2 N–H and O–H groups in total. The van der Waals surface area contributed by atoms with Crippen molar-refractivity contribution in [2.45, 2.75) is 225 Å². The molecule has 1 amide bonds. The molecule has 0 bridgehead atoms. The standard InChI is InChI=1S/C54H99N2O6P/c1-6-8-10-12-14-16-18-20-21-22-23-24-25-26-27-28-29-30-31-32-33-34-35-36-38-40-42-44-46-48-54(58)55-52(51-62-63(59,60)61-50-49-56(3,4)5)53(57)47-45-43-41-39-37-19-17-15-13-11-9-7-2/h8,10,14,16,20-21,23-24,26-27,45,47,52-53,57H,6-7,9,11-13,15,17-19,22,25,28-44,46,48-51H2,1-5H3,(H-,55,58,59,60)/b10-8-,16-14-,21-20-,24-23-,27-26-,47-45+. The predicted molar refractivity (Wildman–Crippen MR) is 270 cm³/mol. The Morgan fingerprint density at radius 2 is 0.968 bits per heavy atom. The van der Waals surface area contributed by atoms with E-state index in [0.29, 0.717) is 17.4 Å². The average Bonchev–Trinajstić information content (AvgIpc) is 3.24. The maximum Gasteiger partial charge on any atom is 0.268 e. The van der Waals surface area contributed by atoms with E-state index in [0.717, 1.165) is 70.6 Å². The molecule has 0 saturated carbocycles. The first kappa shape index (κ1) is 60.9. The van der Waals surface area contributed by atoms with Crippen LogP contribution in [0.5, 0.6) is 0 Å². The number of nitrogens with one attached hydrogen (secondary N) is 1. The van der Waals surface area contributed by atoms with Crippen molar-refractivity contribution in [2.24, 2.45) is 0 Å². The maximum atomic E-state index is 12.9. The summed E-state index contributed by atoms with van der Waals surface area (Å²) in [5.74, 6) is -0.202. The fraction of sp³-hybridized carbons (Fsp3) is 0.759. The van der Waals surface area contributed by atoms with Gasteiger partial charge in [0.2, 0.25) is 5.91 Å². The number of hydrogen-bond acceptors (Lipinski definition) is 6. The van der Waals surface area contributed by atoms with Crippen LogP contribution in [0, 0.1) is 0 Å². The van der Waals surface area contributed by atoms with Crippen molar-refractivity contribution in [3.05, 3.63) is 72.9 Å². The molecule has 63 heavy (non-hydrogen) atoms. The summed E-state index contributed by atoms with van der Waals surface area (Å²) in [4.78, 5) is 25.4. The van der Waals surface area contributed by atoms with Crippen LogP contribution in [0.4, 0.5) is 0 Å². The minimum atomic E-state index is -4.59. The molecule has 0 radical (unpaired) electrons. The van der Waals surface area contributed by atoms with Crippen LogP contribution in [0.2, 0.25) is 0 Å². The molecule has 0 aliphatic rings. The van der Waals surface area contributed by atoms with Crippen LogP contribution < -0.4 is 10.2 Å². The zero-order chi connectivity index (χ0) is 46.4. The largest absolute Gasteiger partial charge is 0.756 e. The van der Waals surface area contributed by atoms with Gasteiger partial charge >= 0.3 is 0 Å². The molecule has 3 unspecified atom stereocenters. The van der Waals surface area contributed by atoms with E-state index < -0.39 is 20.0 Å². The summed E-state index contributed by atoms with van der Waals surface area (Å²) in [5, 5.41) is 13.8. The van der Waals surface area contributed by atoms with Gasteiger partial charge < -0.3 is 28.8 Å². The van der Waals surface area contributed by atoms with Gasteiger partial charge in [0.15, 0.2) is 0 Å². The number of amides is 1. The quantitative estimate of drug-likeness (QED) is 0.0273. The molecule has 0 aliphatic heterocycles. The second-order valence-corrected chi connectivity index (χ2v) is 19.9. The molecule has 0 rings (SSSR count). The summed E-state index contributed by atoms with van der Waals surface area (Å²) in [5.41, 5.74) is 0. The Labute approximate surface area is 389 Å².